The van der Waals surface area contributed by atoms with E-state index >= 15 is 0 Å². The lowest BCUT2D eigenvalue weighted by Gasteiger charge is -2.23. The van der Waals surface area contributed by atoms with Crippen LogP contribution < -0.4 is 10.1 Å². The Labute approximate surface area is 148 Å². The van der Waals surface area contributed by atoms with Crippen LogP contribution in [0.3, 0.4) is 0 Å². The lowest BCUT2D eigenvalue weighted by atomic mass is 9.89. The number of hydrogen-bond acceptors (Lipinski definition) is 4. The molecule has 0 unspecified atom stereocenters. The number of halogens is 1. The summed E-state index contributed by atoms with van der Waals surface area (Å²) >= 11 is 1.35. The summed E-state index contributed by atoms with van der Waals surface area (Å²) in [5.74, 6) is 0.322. The third-order valence-corrected chi connectivity index (χ3v) is 5.26. The molecule has 1 aromatic heterocycles. The highest BCUT2D eigenvalue weighted by Crippen LogP contribution is 2.44. The Kier molecular flexibility index (Phi) is 3.97. The van der Waals surface area contributed by atoms with Crippen LogP contribution in [0.25, 0.3) is 11.3 Å². The van der Waals surface area contributed by atoms with Crippen molar-refractivity contribution in [3.05, 3.63) is 64.8 Å². The van der Waals surface area contributed by atoms with E-state index in [-0.39, 0.29) is 17.6 Å². The molecule has 0 fully saturated rings. The van der Waals surface area contributed by atoms with E-state index in [4.69, 9.17) is 4.74 Å². The third kappa shape index (κ3) is 2.89. The lowest BCUT2D eigenvalue weighted by molar-refractivity contribution is -0.116. The van der Waals surface area contributed by atoms with E-state index in [0.717, 1.165) is 16.2 Å². The quantitative estimate of drug-likeness (QED) is 0.757. The minimum Gasteiger partial charge on any atom is -0.497 e. The molecular weight excluding hydrogens is 339 g/mol. The van der Waals surface area contributed by atoms with Crippen molar-refractivity contribution in [2.45, 2.75) is 12.3 Å². The second kappa shape index (κ2) is 6.29. The van der Waals surface area contributed by atoms with Gasteiger partial charge < -0.3 is 10.1 Å². The minimum atomic E-state index is -0.326. The first-order valence-corrected chi connectivity index (χ1v) is 8.62. The van der Waals surface area contributed by atoms with Gasteiger partial charge in [-0.25, -0.2) is 4.39 Å². The van der Waals surface area contributed by atoms with Gasteiger partial charge in [0.15, 0.2) is 0 Å². The van der Waals surface area contributed by atoms with Crippen LogP contribution in [0.15, 0.2) is 48.5 Å². The maximum atomic E-state index is 13.6. The van der Waals surface area contributed by atoms with Crippen LogP contribution in [0.1, 0.15) is 22.8 Å². The smallest absolute Gasteiger partial charge is 0.225 e. The maximum Gasteiger partial charge on any atom is 0.225 e. The summed E-state index contributed by atoms with van der Waals surface area (Å²) < 4.78 is 23.2. The van der Waals surface area contributed by atoms with Crippen molar-refractivity contribution in [1.82, 2.24) is 4.37 Å². The third-order valence-electron chi connectivity index (χ3n) is 4.31. The Bertz CT molecular complexity index is 937. The summed E-state index contributed by atoms with van der Waals surface area (Å²) in [5, 5.41) is 2.91. The van der Waals surface area contributed by atoms with Crippen molar-refractivity contribution in [2.75, 3.05) is 12.4 Å². The average molecular weight is 354 g/mol. The molecular formula is C19H15FN2O2S. The fraction of sp³-hybridized carbons (Fsp3) is 0.158. The highest BCUT2D eigenvalue weighted by molar-refractivity contribution is 7.07. The Morgan fingerprint density at radius 1 is 1.24 bits per heavy atom. The molecule has 0 saturated heterocycles. The molecule has 4 rings (SSSR count). The maximum absolute atomic E-state index is 13.6. The first kappa shape index (κ1) is 15.8. The van der Waals surface area contributed by atoms with Crippen LogP contribution in [0.4, 0.5) is 10.1 Å². The Morgan fingerprint density at radius 2 is 2.04 bits per heavy atom. The van der Waals surface area contributed by atoms with Crippen molar-refractivity contribution in [1.29, 1.82) is 0 Å². The topological polar surface area (TPSA) is 51.2 Å². The molecule has 1 amide bonds. The second-order valence-corrected chi connectivity index (χ2v) is 6.66. The number of carbonyl (C=O) groups excluding carboxylic acids is 1. The van der Waals surface area contributed by atoms with Gasteiger partial charge in [-0.3, -0.25) is 4.79 Å². The second-order valence-electron chi connectivity index (χ2n) is 5.86. The number of rotatable bonds is 3. The standard InChI is InChI=1S/C19H15FN2O2S/c1-24-14-7-5-11(6-8-14)15-10-16(23)21-18-17(22-25-19(15)18)12-3-2-4-13(20)9-12/h2-9,15H,10H2,1H3,(H,21,23)/t15-/m0/s1. The van der Waals surface area contributed by atoms with E-state index in [1.165, 1.54) is 23.7 Å². The molecule has 0 radical (unpaired) electrons. The Balaban J connectivity index is 1.78. The first-order chi connectivity index (χ1) is 12.2. The van der Waals surface area contributed by atoms with E-state index in [1.54, 1.807) is 19.2 Å². The predicted molar refractivity (Wildman–Crippen MR) is 95.6 cm³/mol. The summed E-state index contributed by atoms with van der Waals surface area (Å²) in [4.78, 5) is 13.2. The van der Waals surface area contributed by atoms with Crippen LogP contribution >= 0.6 is 11.5 Å². The fourth-order valence-corrected chi connectivity index (χ4v) is 4.04. The van der Waals surface area contributed by atoms with Gasteiger partial charge in [-0.05, 0) is 41.4 Å². The Hall–Kier alpha value is -2.73. The van der Waals surface area contributed by atoms with Crippen molar-refractivity contribution in [2.24, 2.45) is 0 Å². The lowest BCUT2D eigenvalue weighted by Crippen LogP contribution is -2.22. The zero-order valence-electron chi connectivity index (χ0n) is 13.5. The minimum absolute atomic E-state index is 0.0607. The van der Waals surface area contributed by atoms with Gasteiger partial charge in [-0.1, -0.05) is 24.3 Å². The molecule has 0 spiro atoms. The van der Waals surface area contributed by atoms with E-state index in [2.05, 4.69) is 9.69 Å². The average Bonchev–Trinajstić information content (AvgIpc) is 3.05. The number of amides is 1. The summed E-state index contributed by atoms with van der Waals surface area (Å²) in [6.07, 6.45) is 0.365. The van der Waals surface area contributed by atoms with Crippen LogP contribution in [-0.2, 0) is 4.79 Å². The molecule has 0 saturated carbocycles. The van der Waals surface area contributed by atoms with Crippen LogP contribution in [0, 0.1) is 5.82 Å². The van der Waals surface area contributed by atoms with E-state index < -0.39 is 0 Å². The molecule has 1 N–H and O–H groups in total. The molecule has 2 heterocycles. The molecule has 25 heavy (non-hydrogen) atoms. The number of anilines is 1. The molecule has 2 aromatic carbocycles. The summed E-state index contributed by atoms with van der Waals surface area (Å²) in [5.41, 5.74) is 3.00. The van der Waals surface area contributed by atoms with E-state index in [0.29, 0.717) is 23.4 Å². The molecule has 1 aliphatic heterocycles. The molecule has 1 atom stereocenters. The number of benzene rings is 2. The molecule has 3 aromatic rings. The SMILES string of the molecule is COc1ccc([C@@H]2CC(=O)Nc3c(-c4cccc(F)c4)nsc32)cc1. The summed E-state index contributed by atoms with van der Waals surface area (Å²) in [6, 6.07) is 14.0. The van der Waals surface area contributed by atoms with Gasteiger partial charge in [-0.2, -0.15) is 4.37 Å². The first-order valence-electron chi connectivity index (χ1n) is 7.85. The summed E-state index contributed by atoms with van der Waals surface area (Å²) in [6.45, 7) is 0. The largest absolute Gasteiger partial charge is 0.497 e. The number of nitrogens with one attached hydrogen (secondary N) is 1. The van der Waals surface area contributed by atoms with Gasteiger partial charge in [0.05, 0.1) is 17.7 Å². The number of methoxy groups -OCH3 is 1. The number of nitrogens with zero attached hydrogens (tertiary/aromatic N) is 1. The molecule has 6 heteroatoms. The van der Waals surface area contributed by atoms with Gasteiger partial charge in [0.1, 0.15) is 17.3 Å². The van der Waals surface area contributed by atoms with Gasteiger partial charge in [0.2, 0.25) is 5.91 Å². The van der Waals surface area contributed by atoms with E-state index in [1.807, 2.05) is 24.3 Å². The molecule has 0 aliphatic carbocycles. The fourth-order valence-electron chi connectivity index (χ4n) is 3.07. The number of fused-ring (bicyclic) bond motifs is 1. The van der Waals surface area contributed by atoms with Crippen molar-refractivity contribution >= 4 is 23.1 Å². The number of ether oxygens (including phenoxy) is 1. The van der Waals surface area contributed by atoms with Gasteiger partial charge in [0.25, 0.3) is 0 Å². The molecule has 4 nitrogen and oxygen atoms in total. The zero-order valence-corrected chi connectivity index (χ0v) is 14.3. The molecule has 126 valence electrons. The number of carbonyl (C=O) groups is 1. The zero-order chi connectivity index (χ0) is 17.4. The highest BCUT2D eigenvalue weighted by Gasteiger charge is 2.31. The van der Waals surface area contributed by atoms with Gasteiger partial charge in [0, 0.05) is 17.9 Å². The monoisotopic (exact) mass is 354 g/mol. The van der Waals surface area contributed by atoms with Gasteiger partial charge in [-0.15, -0.1) is 0 Å². The normalized spacial score (nSPS) is 16.2. The van der Waals surface area contributed by atoms with Crippen LogP contribution in [-0.4, -0.2) is 17.4 Å². The van der Waals surface area contributed by atoms with Crippen LogP contribution in [0.2, 0.25) is 0 Å². The van der Waals surface area contributed by atoms with Crippen molar-refractivity contribution in [3.8, 4) is 17.0 Å². The van der Waals surface area contributed by atoms with Gasteiger partial charge >= 0.3 is 0 Å². The predicted octanol–water partition coefficient (Wildman–Crippen LogP) is 4.43. The highest BCUT2D eigenvalue weighted by atomic mass is 32.1. The van der Waals surface area contributed by atoms with Crippen molar-refractivity contribution in [3.63, 3.8) is 0 Å². The molecule has 0 bridgehead atoms. The van der Waals surface area contributed by atoms with Crippen molar-refractivity contribution < 1.29 is 13.9 Å². The van der Waals surface area contributed by atoms with Crippen LogP contribution in [0.5, 0.6) is 5.75 Å². The number of hydrogen-bond donors (Lipinski definition) is 1. The van der Waals surface area contributed by atoms with E-state index in [9.17, 15) is 9.18 Å². The molecule has 1 aliphatic rings. The number of aromatic nitrogens is 1. The Morgan fingerprint density at radius 3 is 2.76 bits per heavy atom. The summed E-state index contributed by atoms with van der Waals surface area (Å²) in [7, 11) is 1.62.